The van der Waals surface area contributed by atoms with E-state index in [-0.39, 0.29) is 17.9 Å². The molecule has 0 spiro atoms. The predicted octanol–water partition coefficient (Wildman–Crippen LogP) is 2.38. The first kappa shape index (κ1) is 22.4. The summed E-state index contributed by atoms with van der Waals surface area (Å²) in [6.07, 6.45) is 0.450. The highest BCUT2D eigenvalue weighted by Crippen LogP contribution is 2.35. The van der Waals surface area contributed by atoms with Gasteiger partial charge in [-0.2, -0.15) is 0 Å². The molecule has 2 aliphatic heterocycles. The van der Waals surface area contributed by atoms with Gasteiger partial charge in [0, 0.05) is 41.7 Å². The van der Waals surface area contributed by atoms with Crippen molar-refractivity contribution in [3.8, 4) is 22.8 Å². The molecule has 0 radical (unpaired) electrons. The molecule has 4 heterocycles. The monoisotopic (exact) mass is 483 g/mol. The van der Waals surface area contributed by atoms with Crippen LogP contribution in [-0.2, 0) is 16.0 Å². The lowest BCUT2D eigenvalue weighted by Gasteiger charge is -2.27. The van der Waals surface area contributed by atoms with Crippen LogP contribution < -0.4 is 25.2 Å². The van der Waals surface area contributed by atoms with E-state index < -0.39 is 0 Å². The standard InChI is InChI=1S/C23H25N5O5S/c1-14-16(21(30)27-22(24-14)28-6-8-31-9-7-28)3-5-20(29)26-23-25-17(13-34-23)15-2-4-18-19(12-15)33-11-10-32-18/h2,4,12-13H,3,5-11H2,1H3,(H,24,27,30)(H,25,26,29). The van der Waals surface area contributed by atoms with E-state index in [9.17, 15) is 9.59 Å². The van der Waals surface area contributed by atoms with Gasteiger partial charge in [0.2, 0.25) is 11.9 Å². The molecule has 0 bridgehead atoms. The second kappa shape index (κ2) is 9.82. The molecule has 2 aliphatic rings. The number of H-pyrrole nitrogens is 1. The third kappa shape index (κ3) is 4.90. The maximum absolute atomic E-state index is 12.6. The molecule has 1 fully saturated rings. The molecule has 34 heavy (non-hydrogen) atoms. The molecule has 3 aromatic rings. The van der Waals surface area contributed by atoms with E-state index in [1.807, 2.05) is 28.5 Å². The number of aryl methyl sites for hydroxylation is 1. The molecule has 2 aromatic heterocycles. The quantitative estimate of drug-likeness (QED) is 0.549. The summed E-state index contributed by atoms with van der Waals surface area (Å²) < 4.78 is 16.5. The van der Waals surface area contributed by atoms with Crippen LogP contribution in [0.5, 0.6) is 11.5 Å². The molecule has 0 unspecified atom stereocenters. The highest BCUT2D eigenvalue weighted by Gasteiger charge is 2.18. The molecule has 0 aliphatic carbocycles. The molecule has 178 valence electrons. The Bertz CT molecular complexity index is 1250. The zero-order valence-corrected chi connectivity index (χ0v) is 19.6. The van der Waals surface area contributed by atoms with Crippen molar-refractivity contribution in [2.45, 2.75) is 19.8 Å². The van der Waals surface area contributed by atoms with Gasteiger partial charge in [0.05, 0.1) is 18.9 Å². The first-order valence-corrected chi connectivity index (χ1v) is 12.0. The summed E-state index contributed by atoms with van der Waals surface area (Å²) >= 11 is 1.34. The van der Waals surface area contributed by atoms with Crippen LogP contribution in [-0.4, -0.2) is 60.4 Å². The van der Waals surface area contributed by atoms with Crippen molar-refractivity contribution in [1.82, 2.24) is 15.0 Å². The number of nitrogens with one attached hydrogen (secondary N) is 2. The summed E-state index contributed by atoms with van der Waals surface area (Å²) in [5.41, 5.74) is 2.57. The molecule has 2 N–H and O–H groups in total. The lowest BCUT2D eigenvalue weighted by atomic mass is 10.1. The number of benzene rings is 1. The van der Waals surface area contributed by atoms with Crippen LogP contribution in [0.2, 0.25) is 0 Å². The molecule has 0 saturated carbocycles. The summed E-state index contributed by atoms with van der Waals surface area (Å²) in [7, 11) is 0. The Morgan fingerprint density at radius 1 is 1.15 bits per heavy atom. The largest absolute Gasteiger partial charge is 0.486 e. The number of aromatic nitrogens is 3. The maximum atomic E-state index is 12.6. The van der Waals surface area contributed by atoms with Crippen molar-refractivity contribution < 1.29 is 19.0 Å². The van der Waals surface area contributed by atoms with Crippen LogP contribution in [0, 0.1) is 6.92 Å². The van der Waals surface area contributed by atoms with E-state index in [4.69, 9.17) is 14.2 Å². The third-order valence-corrected chi connectivity index (χ3v) is 6.47. The molecule has 11 heteroatoms. The molecule has 1 aromatic carbocycles. The number of anilines is 2. The second-order valence-corrected chi connectivity index (χ2v) is 8.86. The lowest BCUT2D eigenvalue weighted by Crippen LogP contribution is -2.38. The van der Waals surface area contributed by atoms with Crippen molar-refractivity contribution in [2.75, 3.05) is 49.7 Å². The Hall–Kier alpha value is -3.44. The fourth-order valence-corrected chi connectivity index (χ4v) is 4.64. The van der Waals surface area contributed by atoms with Crippen LogP contribution in [0.3, 0.4) is 0 Å². The number of carbonyl (C=O) groups excluding carboxylic acids is 1. The minimum absolute atomic E-state index is 0.154. The number of aromatic amines is 1. The second-order valence-electron chi connectivity index (χ2n) is 8.00. The number of hydrogen-bond donors (Lipinski definition) is 2. The van der Waals surface area contributed by atoms with E-state index in [0.29, 0.717) is 74.0 Å². The summed E-state index contributed by atoms with van der Waals surface area (Å²) in [6, 6.07) is 5.66. The number of hydrogen-bond acceptors (Lipinski definition) is 9. The highest BCUT2D eigenvalue weighted by molar-refractivity contribution is 7.14. The number of ether oxygens (including phenoxy) is 3. The Balaban J connectivity index is 1.20. The molecular formula is C23H25N5O5S. The lowest BCUT2D eigenvalue weighted by molar-refractivity contribution is -0.116. The van der Waals surface area contributed by atoms with Crippen LogP contribution >= 0.6 is 11.3 Å². The predicted molar refractivity (Wildman–Crippen MR) is 128 cm³/mol. The summed E-state index contributed by atoms with van der Waals surface area (Å²) in [4.78, 5) is 39.0. The Morgan fingerprint density at radius 2 is 1.94 bits per heavy atom. The minimum Gasteiger partial charge on any atom is -0.486 e. The number of fused-ring (bicyclic) bond motifs is 1. The highest BCUT2D eigenvalue weighted by atomic mass is 32.1. The van der Waals surface area contributed by atoms with Crippen LogP contribution in [0.25, 0.3) is 11.3 Å². The van der Waals surface area contributed by atoms with Crippen LogP contribution in [0.1, 0.15) is 17.7 Å². The van der Waals surface area contributed by atoms with Gasteiger partial charge in [-0.25, -0.2) is 9.97 Å². The fraction of sp³-hybridized carbons (Fsp3) is 0.391. The smallest absolute Gasteiger partial charge is 0.255 e. The number of nitrogens with zero attached hydrogens (tertiary/aromatic N) is 3. The first-order chi connectivity index (χ1) is 16.6. The number of carbonyl (C=O) groups is 1. The third-order valence-electron chi connectivity index (χ3n) is 5.71. The van der Waals surface area contributed by atoms with E-state index in [2.05, 4.69) is 20.3 Å². The van der Waals surface area contributed by atoms with Gasteiger partial charge in [-0.05, 0) is 31.5 Å². The average Bonchev–Trinajstić information content (AvgIpc) is 3.32. The van der Waals surface area contributed by atoms with Gasteiger partial charge in [0.1, 0.15) is 13.2 Å². The summed E-state index contributed by atoms with van der Waals surface area (Å²) in [5, 5.41) is 5.20. The SMILES string of the molecule is Cc1nc(N2CCOCC2)[nH]c(=O)c1CCC(=O)Nc1nc(-c2ccc3c(c2)OCCO3)cs1. The van der Waals surface area contributed by atoms with Gasteiger partial charge in [-0.3, -0.25) is 14.6 Å². The van der Waals surface area contributed by atoms with Crippen molar-refractivity contribution in [3.05, 3.63) is 45.2 Å². The number of amides is 1. The van der Waals surface area contributed by atoms with Gasteiger partial charge in [-0.1, -0.05) is 0 Å². The van der Waals surface area contributed by atoms with E-state index >= 15 is 0 Å². The van der Waals surface area contributed by atoms with Gasteiger partial charge in [-0.15, -0.1) is 11.3 Å². The number of rotatable bonds is 6. The number of morpholine rings is 1. The molecule has 0 atom stereocenters. The van der Waals surface area contributed by atoms with Crippen LogP contribution in [0.4, 0.5) is 11.1 Å². The normalized spacial score (nSPS) is 15.3. The van der Waals surface area contributed by atoms with E-state index in [0.717, 1.165) is 17.0 Å². The molecule has 1 amide bonds. The van der Waals surface area contributed by atoms with Crippen molar-refractivity contribution in [1.29, 1.82) is 0 Å². The Kier molecular flexibility index (Phi) is 6.45. The maximum Gasteiger partial charge on any atom is 0.255 e. The zero-order valence-electron chi connectivity index (χ0n) is 18.8. The number of thiazole rings is 1. The summed E-state index contributed by atoms with van der Waals surface area (Å²) in [6.45, 7) is 5.45. The van der Waals surface area contributed by atoms with Gasteiger partial charge >= 0.3 is 0 Å². The Morgan fingerprint density at radius 3 is 2.74 bits per heavy atom. The van der Waals surface area contributed by atoms with Crippen molar-refractivity contribution >= 4 is 28.3 Å². The molecule has 1 saturated heterocycles. The Labute approximate surface area is 199 Å². The zero-order chi connectivity index (χ0) is 23.5. The van der Waals surface area contributed by atoms with Crippen LogP contribution in [0.15, 0.2) is 28.4 Å². The van der Waals surface area contributed by atoms with E-state index in [1.54, 1.807) is 6.92 Å². The van der Waals surface area contributed by atoms with Gasteiger partial charge < -0.3 is 24.4 Å². The first-order valence-electron chi connectivity index (χ1n) is 11.1. The van der Waals surface area contributed by atoms with Gasteiger partial charge in [0.15, 0.2) is 16.6 Å². The van der Waals surface area contributed by atoms with Crippen molar-refractivity contribution in [3.63, 3.8) is 0 Å². The molecule has 5 rings (SSSR count). The average molecular weight is 484 g/mol. The topological polar surface area (TPSA) is 119 Å². The van der Waals surface area contributed by atoms with E-state index in [1.165, 1.54) is 11.3 Å². The minimum atomic E-state index is -0.211. The molecular weight excluding hydrogens is 458 g/mol. The summed E-state index contributed by atoms with van der Waals surface area (Å²) in [5.74, 6) is 1.75. The molecule has 10 nitrogen and oxygen atoms in total. The fourth-order valence-electron chi connectivity index (χ4n) is 3.90. The van der Waals surface area contributed by atoms with Crippen molar-refractivity contribution in [2.24, 2.45) is 0 Å². The van der Waals surface area contributed by atoms with Gasteiger partial charge in [0.25, 0.3) is 5.56 Å².